The van der Waals surface area contributed by atoms with Gasteiger partial charge < -0.3 is 0 Å². The van der Waals surface area contributed by atoms with Gasteiger partial charge in [0, 0.05) is 24.7 Å². The zero-order valence-corrected chi connectivity index (χ0v) is 12.0. The van der Waals surface area contributed by atoms with E-state index in [0.717, 1.165) is 37.9 Å². The first-order valence-electron chi connectivity index (χ1n) is 6.24. The van der Waals surface area contributed by atoms with Crippen molar-refractivity contribution in [3.63, 3.8) is 0 Å². The van der Waals surface area contributed by atoms with Crippen LogP contribution in [0.3, 0.4) is 0 Å². The van der Waals surface area contributed by atoms with Crippen LogP contribution in [0, 0.1) is 5.82 Å². The summed E-state index contributed by atoms with van der Waals surface area (Å²) in [5.74, 6) is -0.121. The number of pyridine rings is 1. The van der Waals surface area contributed by atoms with Crippen LogP contribution in [0.25, 0.3) is 0 Å². The molecule has 0 N–H and O–H groups in total. The fourth-order valence-electron chi connectivity index (χ4n) is 2.40. The largest absolute Gasteiger partial charge is 0.260 e. The lowest BCUT2D eigenvalue weighted by atomic mass is 10.1. The van der Waals surface area contributed by atoms with Gasteiger partial charge in [-0.05, 0) is 31.7 Å². The van der Waals surface area contributed by atoms with Gasteiger partial charge in [0.1, 0.15) is 10.7 Å². The molecule has 0 spiro atoms. The molecular formula is C12H16ClFN2O2S. The Kier molecular flexibility index (Phi) is 4.76. The second-order valence-electron chi connectivity index (χ2n) is 4.58. The van der Waals surface area contributed by atoms with E-state index in [-0.39, 0.29) is 10.9 Å². The Bertz CT molecular complexity index is 538. The second kappa shape index (κ2) is 6.15. The Balaban J connectivity index is 2.23. The smallest absolute Gasteiger partial charge is 0.244 e. The monoisotopic (exact) mass is 306 g/mol. The number of nitrogens with zero attached hydrogens (tertiary/aromatic N) is 2. The summed E-state index contributed by atoms with van der Waals surface area (Å²) < 4.78 is 39.5. The molecule has 0 aromatic carbocycles. The van der Waals surface area contributed by atoms with Gasteiger partial charge in [0.2, 0.25) is 10.0 Å². The molecular weight excluding hydrogens is 291 g/mol. The van der Waals surface area contributed by atoms with Gasteiger partial charge in [-0.1, -0.05) is 0 Å². The molecule has 0 aliphatic carbocycles. The molecule has 1 aliphatic rings. The van der Waals surface area contributed by atoms with E-state index >= 15 is 0 Å². The quantitative estimate of drug-likeness (QED) is 0.785. The van der Waals surface area contributed by atoms with E-state index in [0.29, 0.717) is 12.4 Å². The number of hydrogen-bond donors (Lipinski definition) is 0. The van der Waals surface area contributed by atoms with Gasteiger partial charge in [0.05, 0.1) is 6.20 Å². The Morgan fingerprint density at radius 2 is 2.26 bits per heavy atom. The standard InChI is InChI=1S/C12H16ClFN2O2S/c13-5-1-3-11-4-2-6-16(11)19(17,18)12-7-10(14)8-15-9-12/h7-9,11H,1-6H2. The number of sulfonamides is 1. The Morgan fingerprint density at radius 1 is 1.47 bits per heavy atom. The first kappa shape index (κ1) is 14.7. The van der Waals surface area contributed by atoms with Gasteiger partial charge in [-0.3, -0.25) is 4.98 Å². The number of halogens is 2. The summed E-state index contributed by atoms with van der Waals surface area (Å²) in [6, 6.07) is 0.978. The van der Waals surface area contributed by atoms with Crippen LogP contribution in [0.4, 0.5) is 4.39 Å². The Hall–Kier alpha value is -0.720. The van der Waals surface area contributed by atoms with Crippen LogP contribution >= 0.6 is 11.6 Å². The lowest BCUT2D eigenvalue weighted by molar-refractivity contribution is 0.368. The molecule has 1 unspecified atom stereocenters. The normalized spacial score (nSPS) is 20.8. The average molecular weight is 307 g/mol. The topological polar surface area (TPSA) is 50.3 Å². The number of hydrogen-bond acceptors (Lipinski definition) is 3. The van der Waals surface area contributed by atoms with Crippen molar-refractivity contribution in [1.29, 1.82) is 0 Å². The van der Waals surface area contributed by atoms with E-state index in [9.17, 15) is 12.8 Å². The van der Waals surface area contributed by atoms with E-state index in [1.54, 1.807) is 0 Å². The van der Waals surface area contributed by atoms with Gasteiger partial charge in [0.25, 0.3) is 0 Å². The van der Waals surface area contributed by atoms with E-state index in [2.05, 4.69) is 4.98 Å². The van der Waals surface area contributed by atoms with Crippen molar-refractivity contribution in [2.75, 3.05) is 12.4 Å². The molecule has 0 bridgehead atoms. The summed E-state index contributed by atoms with van der Waals surface area (Å²) in [6.45, 7) is 0.478. The maximum atomic E-state index is 13.1. The summed E-state index contributed by atoms with van der Waals surface area (Å²) in [4.78, 5) is 3.53. The van der Waals surface area contributed by atoms with Gasteiger partial charge in [-0.2, -0.15) is 4.31 Å². The minimum Gasteiger partial charge on any atom is -0.260 e. The summed E-state index contributed by atoms with van der Waals surface area (Å²) in [5, 5.41) is 0. The van der Waals surface area contributed by atoms with E-state index in [1.165, 1.54) is 10.5 Å². The van der Waals surface area contributed by atoms with Crippen molar-refractivity contribution in [1.82, 2.24) is 9.29 Å². The van der Waals surface area contributed by atoms with Crippen molar-refractivity contribution < 1.29 is 12.8 Å². The fourth-order valence-corrected chi connectivity index (χ4v) is 4.25. The lowest BCUT2D eigenvalue weighted by Crippen LogP contribution is -2.35. The number of alkyl halides is 1. The highest BCUT2D eigenvalue weighted by Gasteiger charge is 2.35. The average Bonchev–Trinajstić information content (AvgIpc) is 2.85. The summed E-state index contributed by atoms with van der Waals surface area (Å²) in [7, 11) is -3.65. The molecule has 1 atom stereocenters. The van der Waals surface area contributed by atoms with Crippen LogP contribution in [-0.2, 0) is 10.0 Å². The van der Waals surface area contributed by atoms with Crippen LogP contribution in [0.1, 0.15) is 25.7 Å². The predicted molar refractivity (Wildman–Crippen MR) is 71.1 cm³/mol. The third kappa shape index (κ3) is 3.24. The van der Waals surface area contributed by atoms with E-state index < -0.39 is 15.8 Å². The molecule has 4 nitrogen and oxygen atoms in total. The second-order valence-corrected chi connectivity index (χ2v) is 6.85. The van der Waals surface area contributed by atoms with Gasteiger partial charge in [-0.15, -0.1) is 11.6 Å². The fraction of sp³-hybridized carbons (Fsp3) is 0.583. The Morgan fingerprint density at radius 3 is 2.95 bits per heavy atom. The summed E-state index contributed by atoms with van der Waals surface area (Å²) >= 11 is 5.65. The van der Waals surface area contributed by atoms with Crippen molar-refractivity contribution in [2.45, 2.75) is 36.6 Å². The minimum atomic E-state index is -3.65. The van der Waals surface area contributed by atoms with E-state index in [1.807, 2.05) is 0 Å². The van der Waals surface area contributed by atoms with Crippen molar-refractivity contribution in [2.24, 2.45) is 0 Å². The first-order chi connectivity index (χ1) is 9.05. The molecule has 19 heavy (non-hydrogen) atoms. The molecule has 7 heteroatoms. The Labute approximate surface area is 117 Å². The highest BCUT2D eigenvalue weighted by molar-refractivity contribution is 7.89. The third-order valence-corrected chi connectivity index (χ3v) is 5.46. The van der Waals surface area contributed by atoms with Crippen molar-refractivity contribution >= 4 is 21.6 Å². The molecule has 106 valence electrons. The number of rotatable bonds is 5. The molecule has 2 rings (SSSR count). The maximum Gasteiger partial charge on any atom is 0.244 e. The number of aromatic nitrogens is 1. The summed E-state index contributed by atoms with van der Waals surface area (Å²) in [6.07, 6.45) is 5.36. The molecule has 1 aromatic rings. The zero-order chi connectivity index (χ0) is 13.9. The van der Waals surface area contributed by atoms with Gasteiger partial charge in [0.15, 0.2) is 0 Å². The van der Waals surface area contributed by atoms with E-state index in [4.69, 9.17) is 11.6 Å². The van der Waals surface area contributed by atoms with Crippen LogP contribution in [0.15, 0.2) is 23.4 Å². The molecule has 1 aromatic heterocycles. The van der Waals surface area contributed by atoms with Crippen LogP contribution in [0.2, 0.25) is 0 Å². The molecule has 1 saturated heterocycles. The van der Waals surface area contributed by atoms with Crippen LogP contribution in [0.5, 0.6) is 0 Å². The molecule has 1 aliphatic heterocycles. The summed E-state index contributed by atoms with van der Waals surface area (Å²) in [5.41, 5.74) is 0. The lowest BCUT2D eigenvalue weighted by Gasteiger charge is -2.23. The molecule has 0 amide bonds. The molecule has 2 heterocycles. The highest BCUT2D eigenvalue weighted by atomic mass is 35.5. The highest BCUT2D eigenvalue weighted by Crippen LogP contribution is 2.28. The van der Waals surface area contributed by atoms with Crippen molar-refractivity contribution in [3.8, 4) is 0 Å². The molecule has 0 radical (unpaired) electrons. The predicted octanol–water partition coefficient (Wildman–Crippen LogP) is 2.39. The minimum absolute atomic E-state index is 0.0352. The third-order valence-electron chi connectivity index (χ3n) is 3.28. The SMILES string of the molecule is O=S(=O)(c1cncc(F)c1)N1CCCC1CCCCl. The zero-order valence-electron chi connectivity index (χ0n) is 10.4. The first-order valence-corrected chi connectivity index (χ1v) is 8.21. The van der Waals surface area contributed by atoms with Crippen molar-refractivity contribution in [3.05, 3.63) is 24.3 Å². The van der Waals surface area contributed by atoms with Crippen LogP contribution < -0.4 is 0 Å². The van der Waals surface area contributed by atoms with Gasteiger partial charge >= 0.3 is 0 Å². The van der Waals surface area contributed by atoms with Gasteiger partial charge in [-0.25, -0.2) is 12.8 Å². The molecule has 1 fully saturated rings. The molecule has 0 saturated carbocycles. The maximum absolute atomic E-state index is 13.1. The van der Waals surface area contributed by atoms with Crippen LogP contribution in [-0.4, -0.2) is 36.2 Å².